The Bertz CT molecular complexity index is 907. The van der Waals surface area contributed by atoms with Gasteiger partial charge in [-0.1, -0.05) is 29.8 Å². The summed E-state index contributed by atoms with van der Waals surface area (Å²) in [5.74, 6) is 1.14. The van der Waals surface area contributed by atoms with Gasteiger partial charge in [0.15, 0.2) is 0 Å². The molecule has 0 spiro atoms. The summed E-state index contributed by atoms with van der Waals surface area (Å²) in [4.78, 5) is 27.2. The van der Waals surface area contributed by atoms with E-state index in [-0.39, 0.29) is 29.7 Å². The second-order valence-electron chi connectivity index (χ2n) is 8.00. The van der Waals surface area contributed by atoms with Crippen LogP contribution < -0.4 is 10.1 Å². The Morgan fingerprint density at radius 3 is 2.47 bits per heavy atom. The van der Waals surface area contributed by atoms with E-state index in [2.05, 4.69) is 5.32 Å². The van der Waals surface area contributed by atoms with Gasteiger partial charge in [-0.3, -0.25) is 9.59 Å². The second kappa shape index (κ2) is 9.09. The fraction of sp³-hybridized carbons (Fsp3) is 0.417. The van der Waals surface area contributed by atoms with Crippen molar-refractivity contribution in [2.45, 2.75) is 38.1 Å². The summed E-state index contributed by atoms with van der Waals surface area (Å²) in [5, 5.41) is 3.92. The number of hydrogen-bond acceptors (Lipinski definition) is 3. The number of halogens is 1. The SMILES string of the molecule is CCOc1ccc(C(=O)N2CCC(NC(=O)C3CC3c3ccccc3Cl)CC2)cc1. The summed E-state index contributed by atoms with van der Waals surface area (Å²) in [7, 11) is 0. The Labute approximate surface area is 182 Å². The van der Waals surface area contributed by atoms with E-state index in [9.17, 15) is 9.59 Å². The van der Waals surface area contributed by atoms with Crippen molar-refractivity contribution in [2.24, 2.45) is 5.92 Å². The zero-order valence-electron chi connectivity index (χ0n) is 17.1. The molecule has 0 aromatic heterocycles. The van der Waals surface area contributed by atoms with Gasteiger partial charge in [-0.15, -0.1) is 0 Å². The molecule has 1 N–H and O–H groups in total. The molecule has 2 aromatic rings. The quantitative estimate of drug-likeness (QED) is 0.750. The highest BCUT2D eigenvalue weighted by atomic mass is 35.5. The van der Waals surface area contributed by atoms with Crippen LogP contribution in [0.15, 0.2) is 48.5 Å². The summed E-state index contributed by atoms with van der Waals surface area (Å²) in [6.07, 6.45) is 2.40. The highest BCUT2D eigenvalue weighted by Gasteiger charge is 2.45. The molecule has 2 aliphatic rings. The van der Waals surface area contributed by atoms with Crippen LogP contribution in [0.1, 0.15) is 48.0 Å². The highest BCUT2D eigenvalue weighted by Crippen LogP contribution is 2.49. The molecular weight excluding hydrogens is 400 g/mol. The summed E-state index contributed by atoms with van der Waals surface area (Å²) in [6.45, 7) is 3.83. The van der Waals surface area contributed by atoms with Crippen LogP contribution >= 0.6 is 11.6 Å². The number of ether oxygens (including phenoxy) is 1. The van der Waals surface area contributed by atoms with Crippen LogP contribution in [0.2, 0.25) is 5.02 Å². The minimum atomic E-state index is 0.00779. The molecule has 1 heterocycles. The standard InChI is InChI=1S/C24H27ClN2O3/c1-2-30-18-9-7-16(8-10-18)24(29)27-13-11-17(12-14-27)26-23(28)21-15-20(21)19-5-3-4-6-22(19)25/h3-10,17,20-21H,2,11-15H2,1H3,(H,26,28). The van der Waals surface area contributed by atoms with E-state index in [1.807, 2.05) is 60.4 Å². The predicted octanol–water partition coefficient (Wildman–Crippen LogP) is 4.26. The van der Waals surface area contributed by atoms with Gasteiger partial charge < -0.3 is 15.0 Å². The van der Waals surface area contributed by atoms with Crippen LogP contribution in [0, 0.1) is 5.92 Å². The number of likely N-dealkylation sites (tertiary alicyclic amines) is 1. The van der Waals surface area contributed by atoms with Crippen molar-refractivity contribution in [1.29, 1.82) is 0 Å². The first-order valence-corrected chi connectivity index (χ1v) is 11.0. The number of carbonyl (C=O) groups is 2. The van der Waals surface area contributed by atoms with E-state index in [0.29, 0.717) is 25.3 Å². The Hall–Kier alpha value is -2.53. The minimum absolute atomic E-state index is 0.00779. The average molecular weight is 427 g/mol. The van der Waals surface area contributed by atoms with Crippen LogP contribution in [0.4, 0.5) is 0 Å². The lowest BCUT2D eigenvalue weighted by molar-refractivity contribution is -0.123. The van der Waals surface area contributed by atoms with E-state index in [1.165, 1.54) is 0 Å². The number of nitrogens with zero attached hydrogens (tertiary/aromatic N) is 1. The fourth-order valence-electron chi connectivity index (χ4n) is 4.18. The van der Waals surface area contributed by atoms with Gasteiger partial charge >= 0.3 is 0 Å². The monoisotopic (exact) mass is 426 g/mol. The first-order chi connectivity index (χ1) is 14.6. The lowest BCUT2D eigenvalue weighted by atomic mass is 10.0. The maximum absolute atomic E-state index is 12.7. The van der Waals surface area contributed by atoms with Gasteiger partial charge in [0.2, 0.25) is 5.91 Å². The Morgan fingerprint density at radius 1 is 1.10 bits per heavy atom. The zero-order chi connectivity index (χ0) is 21.1. The molecule has 4 rings (SSSR count). The van der Waals surface area contributed by atoms with Gasteiger partial charge in [-0.25, -0.2) is 0 Å². The molecular formula is C24H27ClN2O3. The number of carbonyl (C=O) groups excluding carboxylic acids is 2. The van der Waals surface area contributed by atoms with Crippen molar-refractivity contribution < 1.29 is 14.3 Å². The normalized spacial score (nSPS) is 21.2. The van der Waals surface area contributed by atoms with Gasteiger partial charge in [0, 0.05) is 35.6 Å². The third-order valence-corrected chi connectivity index (χ3v) is 6.32. The molecule has 0 bridgehead atoms. The second-order valence-corrected chi connectivity index (χ2v) is 8.41. The van der Waals surface area contributed by atoms with Crippen LogP contribution in [-0.4, -0.2) is 42.5 Å². The van der Waals surface area contributed by atoms with Crippen LogP contribution in [-0.2, 0) is 4.79 Å². The third-order valence-electron chi connectivity index (χ3n) is 5.97. The molecule has 30 heavy (non-hydrogen) atoms. The number of piperidine rings is 1. The Balaban J connectivity index is 1.25. The van der Waals surface area contributed by atoms with Gasteiger partial charge in [0.25, 0.3) is 5.91 Å². The maximum atomic E-state index is 12.7. The summed E-state index contributed by atoms with van der Waals surface area (Å²) < 4.78 is 5.43. The van der Waals surface area contributed by atoms with Crippen molar-refractivity contribution in [3.8, 4) is 5.75 Å². The Kier molecular flexibility index (Phi) is 6.28. The van der Waals surface area contributed by atoms with Crippen molar-refractivity contribution in [1.82, 2.24) is 10.2 Å². The largest absolute Gasteiger partial charge is 0.494 e. The minimum Gasteiger partial charge on any atom is -0.494 e. The van der Waals surface area contributed by atoms with Gasteiger partial charge in [0.05, 0.1) is 6.61 Å². The van der Waals surface area contributed by atoms with E-state index in [4.69, 9.17) is 16.3 Å². The molecule has 2 amide bonds. The smallest absolute Gasteiger partial charge is 0.253 e. The summed E-state index contributed by atoms with van der Waals surface area (Å²) >= 11 is 6.27. The molecule has 158 valence electrons. The number of benzene rings is 2. The average Bonchev–Trinajstić information content (AvgIpc) is 3.56. The van der Waals surface area contributed by atoms with Crippen molar-refractivity contribution >= 4 is 23.4 Å². The van der Waals surface area contributed by atoms with Crippen LogP contribution in [0.3, 0.4) is 0 Å². The molecule has 2 atom stereocenters. The lowest BCUT2D eigenvalue weighted by Crippen LogP contribution is -2.47. The predicted molar refractivity (Wildman–Crippen MR) is 117 cm³/mol. The topological polar surface area (TPSA) is 58.6 Å². The summed E-state index contributed by atoms with van der Waals surface area (Å²) in [5.41, 5.74) is 1.73. The van der Waals surface area contributed by atoms with E-state index in [0.717, 1.165) is 35.6 Å². The van der Waals surface area contributed by atoms with Gasteiger partial charge in [-0.2, -0.15) is 0 Å². The van der Waals surface area contributed by atoms with Crippen molar-refractivity contribution in [3.05, 3.63) is 64.7 Å². The van der Waals surface area contributed by atoms with E-state index in [1.54, 1.807) is 0 Å². The first-order valence-electron chi connectivity index (χ1n) is 10.6. The molecule has 2 unspecified atom stereocenters. The van der Waals surface area contributed by atoms with Crippen LogP contribution in [0.5, 0.6) is 5.75 Å². The van der Waals surface area contributed by atoms with Gasteiger partial charge in [0.1, 0.15) is 5.75 Å². The maximum Gasteiger partial charge on any atom is 0.253 e. The first kappa shape index (κ1) is 20.7. The zero-order valence-corrected chi connectivity index (χ0v) is 17.9. The van der Waals surface area contributed by atoms with Gasteiger partial charge in [-0.05, 0) is 68.0 Å². The number of hydrogen-bond donors (Lipinski definition) is 1. The number of nitrogens with one attached hydrogen (secondary N) is 1. The van der Waals surface area contributed by atoms with E-state index >= 15 is 0 Å². The van der Waals surface area contributed by atoms with Crippen LogP contribution in [0.25, 0.3) is 0 Å². The molecule has 6 heteroatoms. The molecule has 1 aliphatic heterocycles. The van der Waals surface area contributed by atoms with Crippen molar-refractivity contribution in [3.63, 3.8) is 0 Å². The van der Waals surface area contributed by atoms with Crippen molar-refractivity contribution in [2.75, 3.05) is 19.7 Å². The molecule has 1 saturated heterocycles. The molecule has 0 radical (unpaired) electrons. The number of rotatable bonds is 6. The highest BCUT2D eigenvalue weighted by molar-refractivity contribution is 6.31. The summed E-state index contributed by atoms with van der Waals surface area (Å²) in [6, 6.07) is 15.1. The third kappa shape index (κ3) is 4.62. The molecule has 1 aliphatic carbocycles. The molecule has 1 saturated carbocycles. The lowest BCUT2D eigenvalue weighted by Gasteiger charge is -2.32. The molecule has 5 nitrogen and oxygen atoms in total. The number of amides is 2. The fourth-order valence-corrected chi connectivity index (χ4v) is 4.46. The molecule has 2 aromatic carbocycles. The van der Waals surface area contributed by atoms with E-state index < -0.39 is 0 Å². The molecule has 2 fully saturated rings. The Morgan fingerprint density at radius 2 is 1.80 bits per heavy atom.